The molecule has 28 heavy (non-hydrogen) atoms. The summed E-state index contributed by atoms with van der Waals surface area (Å²) in [7, 11) is 0. The zero-order valence-corrected chi connectivity index (χ0v) is 15.2. The van der Waals surface area contributed by atoms with Crippen molar-refractivity contribution in [3.05, 3.63) is 79.2 Å². The molecule has 3 rings (SSSR count). The lowest BCUT2D eigenvalue weighted by Gasteiger charge is -2.12. The summed E-state index contributed by atoms with van der Waals surface area (Å²) in [5.41, 5.74) is -0.946. The maximum atomic E-state index is 14.1. The number of hydrogen-bond acceptors (Lipinski definition) is 6. The van der Waals surface area contributed by atoms with E-state index in [2.05, 4.69) is 20.3 Å². The van der Waals surface area contributed by atoms with Crippen molar-refractivity contribution in [2.75, 3.05) is 5.32 Å². The number of nitrogens with one attached hydrogen (secondary N) is 3. The molecule has 0 amide bonds. The van der Waals surface area contributed by atoms with Crippen molar-refractivity contribution < 1.29 is 9.13 Å². The number of rotatable bonds is 6. The van der Waals surface area contributed by atoms with Gasteiger partial charge in [0.15, 0.2) is 11.6 Å². The van der Waals surface area contributed by atoms with Gasteiger partial charge in [-0.2, -0.15) is 4.98 Å². The number of ether oxygens (including phenoxy) is 1. The van der Waals surface area contributed by atoms with Crippen molar-refractivity contribution in [3.8, 4) is 5.75 Å². The molecule has 0 saturated heterocycles. The first-order valence-corrected chi connectivity index (χ1v) is 8.44. The maximum absolute atomic E-state index is 14.1. The minimum absolute atomic E-state index is 0.0614. The Bertz CT molecular complexity index is 1110. The van der Waals surface area contributed by atoms with Crippen molar-refractivity contribution in [2.45, 2.75) is 26.5 Å². The van der Waals surface area contributed by atoms with Crippen molar-refractivity contribution in [2.24, 2.45) is 0 Å². The van der Waals surface area contributed by atoms with E-state index in [4.69, 9.17) is 4.74 Å². The fourth-order valence-corrected chi connectivity index (χ4v) is 2.43. The number of nitrogens with zero attached hydrogens (tertiary/aromatic N) is 2. The normalized spacial score (nSPS) is 10.9. The van der Waals surface area contributed by atoms with Crippen LogP contribution in [0.4, 0.5) is 16.0 Å². The van der Waals surface area contributed by atoms with Crippen LogP contribution in [0.15, 0.2) is 50.9 Å². The summed E-state index contributed by atoms with van der Waals surface area (Å²) >= 11 is 0. The summed E-state index contributed by atoms with van der Waals surface area (Å²) in [6.45, 7) is 3.50. The van der Waals surface area contributed by atoms with Gasteiger partial charge < -0.3 is 15.0 Å². The Morgan fingerprint density at radius 2 is 2.00 bits per heavy atom. The highest BCUT2D eigenvalue weighted by Crippen LogP contribution is 2.23. The average Bonchev–Trinajstić information content (AvgIpc) is 2.62. The van der Waals surface area contributed by atoms with E-state index in [-0.39, 0.29) is 35.6 Å². The van der Waals surface area contributed by atoms with Crippen molar-refractivity contribution in [1.82, 2.24) is 19.5 Å². The minimum Gasteiger partial charge on any atom is -0.488 e. The SMILES string of the molecule is CC(C)Oc1ccc(Nc2nc(=O)n(Cc3ccc(=O)[nH]c3)c(=O)[nH]2)cc1F. The molecule has 0 saturated carbocycles. The van der Waals surface area contributed by atoms with Crippen LogP contribution < -0.4 is 27.0 Å². The van der Waals surface area contributed by atoms with Crippen LogP contribution in [0.1, 0.15) is 19.4 Å². The first-order valence-electron chi connectivity index (χ1n) is 8.44. The Hall–Kier alpha value is -3.69. The van der Waals surface area contributed by atoms with Gasteiger partial charge in [0.2, 0.25) is 11.5 Å². The monoisotopic (exact) mass is 387 g/mol. The third-order valence-electron chi connectivity index (χ3n) is 3.66. The molecule has 0 aliphatic heterocycles. The van der Waals surface area contributed by atoms with Gasteiger partial charge in [-0.05, 0) is 31.5 Å². The molecular weight excluding hydrogens is 369 g/mol. The van der Waals surface area contributed by atoms with E-state index in [1.807, 2.05) is 0 Å². The van der Waals surface area contributed by atoms with Gasteiger partial charge in [-0.25, -0.2) is 18.5 Å². The molecule has 3 aromatic rings. The lowest BCUT2D eigenvalue weighted by molar-refractivity contribution is 0.231. The van der Waals surface area contributed by atoms with Gasteiger partial charge in [0, 0.05) is 24.0 Å². The number of aromatic nitrogens is 4. The molecule has 0 bridgehead atoms. The molecule has 2 heterocycles. The van der Waals surface area contributed by atoms with Crippen LogP contribution >= 0.6 is 0 Å². The molecular formula is C18H18FN5O4. The Morgan fingerprint density at radius 1 is 1.21 bits per heavy atom. The number of halogens is 1. The van der Waals surface area contributed by atoms with Crippen LogP contribution in [0, 0.1) is 5.82 Å². The molecule has 3 N–H and O–H groups in total. The van der Waals surface area contributed by atoms with Crippen LogP contribution in [-0.4, -0.2) is 25.6 Å². The van der Waals surface area contributed by atoms with Crippen LogP contribution in [0.3, 0.4) is 0 Å². The fourth-order valence-electron chi connectivity index (χ4n) is 2.43. The van der Waals surface area contributed by atoms with Crippen LogP contribution in [0.2, 0.25) is 0 Å². The predicted molar refractivity (Wildman–Crippen MR) is 101 cm³/mol. The number of benzene rings is 1. The van der Waals surface area contributed by atoms with E-state index in [1.54, 1.807) is 13.8 Å². The fraction of sp³-hybridized carbons (Fsp3) is 0.222. The number of anilines is 2. The molecule has 0 aliphatic rings. The van der Waals surface area contributed by atoms with Crippen LogP contribution in [-0.2, 0) is 6.54 Å². The lowest BCUT2D eigenvalue weighted by Crippen LogP contribution is -2.37. The van der Waals surface area contributed by atoms with Crippen LogP contribution in [0.5, 0.6) is 5.75 Å². The zero-order chi connectivity index (χ0) is 20.3. The van der Waals surface area contributed by atoms with E-state index >= 15 is 0 Å². The zero-order valence-electron chi connectivity index (χ0n) is 15.2. The van der Waals surface area contributed by atoms with Crippen LogP contribution in [0.25, 0.3) is 0 Å². The summed E-state index contributed by atoms with van der Waals surface area (Å²) in [4.78, 5) is 44.1. The number of H-pyrrole nitrogens is 2. The second-order valence-corrected chi connectivity index (χ2v) is 6.26. The Morgan fingerprint density at radius 3 is 2.61 bits per heavy atom. The van der Waals surface area contributed by atoms with Gasteiger partial charge in [0.05, 0.1) is 12.6 Å². The smallest absolute Gasteiger partial charge is 0.355 e. The van der Waals surface area contributed by atoms with E-state index in [9.17, 15) is 18.8 Å². The summed E-state index contributed by atoms with van der Waals surface area (Å²) in [6.07, 6.45) is 1.23. The second kappa shape index (κ2) is 7.91. The standard InChI is InChI=1S/C18H18FN5O4/c1-10(2)28-14-5-4-12(7-13(14)19)21-16-22-17(26)24(18(27)23-16)9-11-3-6-15(25)20-8-11/h3-8,10H,9H2,1-2H3,(H,20,25)(H2,21,22,23,26,27). The van der Waals surface area contributed by atoms with Gasteiger partial charge in [0.1, 0.15) is 0 Å². The first kappa shape index (κ1) is 19.1. The minimum atomic E-state index is -0.794. The maximum Gasteiger partial charge on any atom is 0.355 e. The first-order chi connectivity index (χ1) is 13.3. The number of pyridine rings is 1. The molecule has 2 aromatic heterocycles. The summed E-state index contributed by atoms with van der Waals surface area (Å²) < 4.78 is 20.2. The third-order valence-corrected chi connectivity index (χ3v) is 3.66. The molecule has 1 aromatic carbocycles. The molecule has 9 nitrogen and oxygen atoms in total. The van der Waals surface area contributed by atoms with Crippen molar-refractivity contribution in [3.63, 3.8) is 0 Å². The third kappa shape index (κ3) is 4.53. The van der Waals surface area contributed by atoms with E-state index in [0.717, 1.165) is 4.57 Å². The highest BCUT2D eigenvalue weighted by molar-refractivity contribution is 5.54. The average molecular weight is 387 g/mol. The quantitative estimate of drug-likeness (QED) is 0.587. The molecule has 146 valence electrons. The van der Waals surface area contributed by atoms with Gasteiger partial charge >= 0.3 is 11.4 Å². The topological polar surface area (TPSA) is 122 Å². The molecule has 0 unspecified atom stereocenters. The summed E-state index contributed by atoms with van der Waals surface area (Å²) in [6, 6.07) is 6.93. The van der Waals surface area contributed by atoms with Crippen molar-refractivity contribution >= 4 is 11.6 Å². The van der Waals surface area contributed by atoms with Gasteiger partial charge in [0.25, 0.3) is 0 Å². The summed E-state index contributed by atoms with van der Waals surface area (Å²) in [5, 5.41) is 2.68. The Labute approximate surface area is 157 Å². The molecule has 0 aliphatic carbocycles. The van der Waals surface area contributed by atoms with Gasteiger partial charge in [-0.15, -0.1) is 0 Å². The molecule has 0 atom stereocenters. The van der Waals surface area contributed by atoms with E-state index < -0.39 is 17.2 Å². The Kier molecular flexibility index (Phi) is 5.39. The molecule has 0 spiro atoms. The van der Waals surface area contributed by atoms with Gasteiger partial charge in [-0.1, -0.05) is 6.07 Å². The predicted octanol–water partition coefficient (Wildman–Crippen LogP) is 1.34. The summed E-state index contributed by atoms with van der Waals surface area (Å²) in [5.74, 6) is -0.615. The number of aromatic amines is 2. The van der Waals surface area contributed by atoms with E-state index in [0.29, 0.717) is 5.56 Å². The van der Waals surface area contributed by atoms with Gasteiger partial charge in [-0.3, -0.25) is 9.78 Å². The molecule has 0 radical (unpaired) electrons. The lowest BCUT2D eigenvalue weighted by atomic mass is 10.3. The Balaban J connectivity index is 1.82. The highest BCUT2D eigenvalue weighted by Gasteiger charge is 2.10. The number of hydrogen-bond donors (Lipinski definition) is 3. The second-order valence-electron chi connectivity index (χ2n) is 6.26. The highest BCUT2D eigenvalue weighted by atomic mass is 19.1. The molecule has 10 heteroatoms. The largest absolute Gasteiger partial charge is 0.488 e. The van der Waals surface area contributed by atoms with E-state index in [1.165, 1.54) is 36.5 Å². The molecule has 0 fully saturated rings. The van der Waals surface area contributed by atoms with Crippen molar-refractivity contribution in [1.29, 1.82) is 0 Å².